The molecule has 1 aromatic heterocycles. The van der Waals surface area contributed by atoms with Crippen LogP contribution in [-0.2, 0) is 0 Å². The Hall–Kier alpha value is -1.10. The van der Waals surface area contributed by atoms with Crippen molar-refractivity contribution < 1.29 is 4.74 Å². The van der Waals surface area contributed by atoms with Crippen LogP contribution in [-0.4, -0.2) is 18.6 Å². The average molecular weight is 356 g/mol. The SMILES string of the molecule is CCNC(c1cncc(OC)c1)c1cccc(Br)c1Cl. The zero-order valence-electron chi connectivity index (χ0n) is 11.4. The van der Waals surface area contributed by atoms with Gasteiger partial charge in [0.2, 0.25) is 0 Å². The van der Waals surface area contributed by atoms with Crippen LogP contribution in [0.1, 0.15) is 24.1 Å². The van der Waals surface area contributed by atoms with Gasteiger partial charge in [-0.2, -0.15) is 0 Å². The summed E-state index contributed by atoms with van der Waals surface area (Å²) in [4.78, 5) is 4.22. The monoisotopic (exact) mass is 354 g/mol. The minimum absolute atomic E-state index is 0.0207. The van der Waals surface area contributed by atoms with Crippen molar-refractivity contribution in [2.45, 2.75) is 13.0 Å². The molecule has 0 saturated heterocycles. The lowest BCUT2D eigenvalue weighted by Crippen LogP contribution is -2.22. The summed E-state index contributed by atoms with van der Waals surface area (Å²) in [6.45, 7) is 2.89. The lowest BCUT2D eigenvalue weighted by molar-refractivity contribution is 0.411. The highest BCUT2D eigenvalue weighted by Crippen LogP contribution is 2.33. The molecular formula is C15H16BrClN2O. The van der Waals surface area contributed by atoms with Gasteiger partial charge in [-0.3, -0.25) is 4.98 Å². The lowest BCUT2D eigenvalue weighted by atomic mass is 10.00. The highest BCUT2D eigenvalue weighted by Gasteiger charge is 2.18. The Morgan fingerprint density at radius 1 is 1.40 bits per heavy atom. The molecule has 1 heterocycles. The average Bonchev–Trinajstić information content (AvgIpc) is 2.48. The van der Waals surface area contributed by atoms with Gasteiger partial charge in [0, 0.05) is 10.7 Å². The maximum Gasteiger partial charge on any atom is 0.137 e. The molecule has 1 aromatic carbocycles. The second-order valence-corrected chi connectivity index (χ2v) is 5.52. The summed E-state index contributed by atoms with van der Waals surface area (Å²) < 4.78 is 6.13. The van der Waals surface area contributed by atoms with Gasteiger partial charge in [0.25, 0.3) is 0 Å². The number of hydrogen-bond acceptors (Lipinski definition) is 3. The topological polar surface area (TPSA) is 34.2 Å². The van der Waals surface area contributed by atoms with Crippen molar-refractivity contribution in [1.29, 1.82) is 0 Å². The number of rotatable bonds is 5. The Kier molecular flexibility index (Phi) is 5.40. The van der Waals surface area contributed by atoms with E-state index < -0.39 is 0 Å². The molecule has 1 atom stereocenters. The molecule has 20 heavy (non-hydrogen) atoms. The van der Waals surface area contributed by atoms with Crippen LogP contribution in [0.4, 0.5) is 0 Å². The number of methoxy groups -OCH3 is 1. The summed E-state index contributed by atoms with van der Waals surface area (Å²) in [6, 6.07) is 7.87. The molecule has 0 spiro atoms. The first kappa shape index (κ1) is 15.3. The molecule has 0 fully saturated rings. The summed E-state index contributed by atoms with van der Waals surface area (Å²) in [7, 11) is 1.63. The van der Waals surface area contributed by atoms with Crippen LogP contribution in [0.3, 0.4) is 0 Å². The van der Waals surface area contributed by atoms with Gasteiger partial charge >= 0.3 is 0 Å². The van der Waals surface area contributed by atoms with E-state index in [9.17, 15) is 0 Å². The summed E-state index contributed by atoms with van der Waals surface area (Å²) >= 11 is 9.87. The van der Waals surface area contributed by atoms with Gasteiger partial charge < -0.3 is 10.1 Å². The zero-order chi connectivity index (χ0) is 14.5. The molecule has 2 rings (SSSR count). The fourth-order valence-corrected chi connectivity index (χ4v) is 2.68. The molecule has 2 aromatic rings. The Balaban J connectivity index is 2.47. The van der Waals surface area contributed by atoms with E-state index in [0.717, 1.165) is 27.9 Å². The van der Waals surface area contributed by atoms with E-state index in [1.165, 1.54) is 0 Å². The minimum atomic E-state index is -0.0207. The van der Waals surface area contributed by atoms with Gasteiger partial charge in [0.15, 0.2) is 0 Å². The van der Waals surface area contributed by atoms with E-state index in [2.05, 4.69) is 33.2 Å². The lowest BCUT2D eigenvalue weighted by Gasteiger charge is -2.20. The zero-order valence-corrected chi connectivity index (χ0v) is 13.7. The molecule has 1 unspecified atom stereocenters. The van der Waals surface area contributed by atoms with Gasteiger partial charge in [0.05, 0.1) is 24.4 Å². The number of benzene rings is 1. The van der Waals surface area contributed by atoms with E-state index >= 15 is 0 Å². The standard InChI is InChI=1S/C15H16BrClN2O/c1-3-19-15(10-7-11(20-2)9-18-8-10)12-5-4-6-13(16)14(12)17/h4-9,15,19H,3H2,1-2H3. The molecule has 0 amide bonds. The van der Waals surface area contributed by atoms with E-state index in [4.69, 9.17) is 16.3 Å². The Bertz CT molecular complexity index is 592. The number of pyridine rings is 1. The summed E-state index contributed by atoms with van der Waals surface area (Å²) in [6.07, 6.45) is 3.52. The van der Waals surface area contributed by atoms with Crippen molar-refractivity contribution in [3.05, 3.63) is 57.3 Å². The summed E-state index contributed by atoms with van der Waals surface area (Å²) in [5.74, 6) is 0.733. The number of halogens is 2. The van der Waals surface area contributed by atoms with Crippen LogP contribution in [0, 0.1) is 0 Å². The Morgan fingerprint density at radius 2 is 2.20 bits per heavy atom. The van der Waals surface area contributed by atoms with E-state index in [1.807, 2.05) is 30.5 Å². The summed E-state index contributed by atoms with van der Waals surface area (Å²) in [5, 5.41) is 4.14. The predicted octanol–water partition coefficient (Wildman–Crippen LogP) is 4.21. The molecule has 0 aliphatic carbocycles. The number of ether oxygens (including phenoxy) is 1. The molecule has 0 bridgehead atoms. The van der Waals surface area contributed by atoms with Gasteiger partial charge in [-0.1, -0.05) is 30.7 Å². The van der Waals surface area contributed by atoms with E-state index in [-0.39, 0.29) is 6.04 Å². The molecule has 0 radical (unpaired) electrons. The fourth-order valence-electron chi connectivity index (χ4n) is 2.06. The molecule has 1 N–H and O–H groups in total. The highest BCUT2D eigenvalue weighted by molar-refractivity contribution is 9.10. The van der Waals surface area contributed by atoms with Crippen LogP contribution in [0.15, 0.2) is 41.1 Å². The third kappa shape index (κ3) is 3.32. The Labute approximate surface area is 132 Å². The van der Waals surface area contributed by atoms with Crippen LogP contribution in [0.2, 0.25) is 5.02 Å². The third-order valence-corrected chi connectivity index (χ3v) is 4.31. The highest BCUT2D eigenvalue weighted by atomic mass is 79.9. The number of nitrogens with one attached hydrogen (secondary N) is 1. The van der Waals surface area contributed by atoms with Crippen molar-refractivity contribution in [3.8, 4) is 5.75 Å². The van der Waals surface area contributed by atoms with Gasteiger partial charge in [-0.25, -0.2) is 0 Å². The van der Waals surface area contributed by atoms with Crippen LogP contribution >= 0.6 is 27.5 Å². The molecule has 3 nitrogen and oxygen atoms in total. The molecule has 0 aliphatic heterocycles. The van der Waals surface area contributed by atoms with E-state index in [0.29, 0.717) is 5.02 Å². The largest absolute Gasteiger partial charge is 0.495 e. The molecule has 106 valence electrons. The second kappa shape index (κ2) is 7.07. The first-order chi connectivity index (χ1) is 9.67. The van der Waals surface area contributed by atoms with Crippen molar-refractivity contribution >= 4 is 27.5 Å². The normalized spacial score (nSPS) is 12.2. The molecule has 0 saturated carbocycles. The van der Waals surface area contributed by atoms with Gasteiger partial charge in [-0.15, -0.1) is 0 Å². The quantitative estimate of drug-likeness (QED) is 0.872. The fraction of sp³-hybridized carbons (Fsp3) is 0.267. The maximum atomic E-state index is 6.41. The number of nitrogens with zero attached hydrogens (tertiary/aromatic N) is 1. The first-order valence-electron chi connectivity index (χ1n) is 6.33. The molecule has 0 aliphatic rings. The van der Waals surface area contributed by atoms with Crippen molar-refractivity contribution in [2.75, 3.05) is 13.7 Å². The minimum Gasteiger partial charge on any atom is -0.495 e. The third-order valence-electron chi connectivity index (χ3n) is 3.00. The Morgan fingerprint density at radius 3 is 2.90 bits per heavy atom. The number of aromatic nitrogens is 1. The predicted molar refractivity (Wildman–Crippen MR) is 85.5 cm³/mol. The van der Waals surface area contributed by atoms with Crippen LogP contribution < -0.4 is 10.1 Å². The van der Waals surface area contributed by atoms with Crippen LogP contribution in [0.25, 0.3) is 0 Å². The molecular weight excluding hydrogens is 340 g/mol. The maximum absolute atomic E-state index is 6.41. The number of hydrogen-bond donors (Lipinski definition) is 1. The summed E-state index contributed by atoms with van der Waals surface area (Å²) in [5.41, 5.74) is 2.03. The van der Waals surface area contributed by atoms with Gasteiger partial charge in [0.1, 0.15) is 5.75 Å². The first-order valence-corrected chi connectivity index (χ1v) is 7.50. The molecule has 5 heteroatoms. The van der Waals surface area contributed by atoms with E-state index in [1.54, 1.807) is 13.3 Å². The van der Waals surface area contributed by atoms with Crippen LogP contribution in [0.5, 0.6) is 5.75 Å². The van der Waals surface area contributed by atoms with Crippen molar-refractivity contribution in [2.24, 2.45) is 0 Å². The second-order valence-electron chi connectivity index (χ2n) is 4.29. The smallest absolute Gasteiger partial charge is 0.137 e. The van der Waals surface area contributed by atoms with Gasteiger partial charge in [-0.05, 0) is 45.7 Å². The van der Waals surface area contributed by atoms with Crippen molar-refractivity contribution in [1.82, 2.24) is 10.3 Å². The van der Waals surface area contributed by atoms with Crippen molar-refractivity contribution in [3.63, 3.8) is 0 Å².